The maximum Gasteiger partial charge on any atom is 0.369 e. The van der Waals surface area contributed by atoms with Gasteiger partial charge in [0.15, 0.2) is 18.4 Å². The molecule has 14 heteroatoms. The van der Waals surface area contributed by atoms with Gasteiger partial charge in [0.25, 0.3) is 5.79 Å². The van der Waals surface area contributed by atoms with Crippen LogP contribution >= 0.6 is 0 Å². The lowest BCUT2D eigenvalue weighted by Gasteiger charge is -2.46. The summed E-state index contributed by atoms with van der Waals surface area (Å²) in [5, 5.41) is 23.0. The Bertz CT molecular complexity index is 659. The highest BCUT2D eigenvalue weighted by molar-refractivity contribution is 5.78. The average Bonchev–Trinajstić information content (AvgIpc) is 2.63. The zero-order valence-corrected chi connectivity index (χ0v) is 15.2. The number of ether oxygens (including phenoxy) is 4. The first-order chi connectivity index (χ1) is 13.0. The minimum Gasteiger partial charge on any atom is -0.465 e. The lowest BCUT2D eigenvalue weighted by atomic mass is 9.86. The van der Waals surface area contributed by atoms with Crippen LogP contribution in [0.4, 0.5) is 4.39 Å². The first-order valence-electron chi connectivity index (χ1n) is 7.91. The number of aliphatic hydroxyl groups is 2. The average molecular weight is 408 g/mol. The highest BCUT2D eigenvalue weighted by Gasteiger charge is 2.61. The van der Waals surface area contributed by atoms with Gasteiger partial charge in [-0.25, -0.2) is 9.18 Å². The topological polar surface area (TPSA) is 203 Å². The number of carbonyl (C=O) groups is 3. The molecule has 1 aliphatic heterocycles. The molecule has 0 bridgehead atoms. The number of azide groups is 1. The van der Waals surface area contributed by atoms with E-state index in [1.165, 1.54) is 0 Å². The summed E-state index contributed by atoms with van der Waals surface area (Å²) in [5.74, 6) is -6.66. The molecule has 158 valence electrons. The highest BCUT2D eigenvalue weighted by Crippen LogP contribution is 2.35. The molecule has 0 aliphatic carbocycles. The number of nitrogens with zero attached hydrogens (tertiary/aromatic N) is 3. The maximum atomic E-state index is 14.7. The van der Waals surface area contributed by atoms with Crippen molar-refractivity contribution in [1.82, 2.24) is 0 Å². The van der Waals surface area contributed by atoms with Crippen molar-refractivity contribution in [3.8, 4) is 0 Å². The van der Waals surface area contributed by atoms with Crippen LogP contribution in [-0.4, -0.2) is 84.2 Å². The lowest BCUT2D eigenvalue weighted by molar-refractivity contribution is -0.305. The van der Waals surface area contributed by atoms with E-state index in [1.807, 2.05) is 0 Å². The number of hydrogen-bond donors (Lipinski definition) is 3. The van der Waals surface area contributed by atoms with Gasteiger partial charge in [0.05, 0.1) is 19.8 Å². The Kier molecular flexibility index (Phi) is 8.08. The Hall–Kier alpha value is -2.51. The van der Waals surface area contributed by atoms with Crippen molar-refractivity contribution in [2.45, 2.75) is 56.2 Å². The Morgan fingerprint density at radius 2 is 1.93 bits per heavy atom. The molecule has 1 heterocycles. The summed E-state index contributed by atoms with van der Waals surface area (Å²) in [6.07, 6.45) is -7.63. The number of halogens is 1. The standard InChI is InChI=1S/C14H21FN4O9/c1-5(21)26-7(4-20)10(27-6(2)22)11-8(16)9(18-19-17)12(15)14(24,28-11)13(23)25-3/h7-12,20,24H,4,16H2,1-3H3/t7-,8?,9?,10-,11?,12?,14?/m1/s1. The van der Waals surface area contributed by atoms with E-state index >= 15 is 0 Å². The van der Waals surface area contributed by atoms with Crippen LogP contribution in [0.3, 0.4) is 0 Å². The first-order valence-corrected chi connectivity index (χ1v) is 7.91. The van der Waals surface area contributed by atoms with Gasteiger partial charge >= 0.3 is 17.9 Å². The monoisotopic (exact) mass is 408 g/mol. The Morgan fingerprint density at radius 1 is 1.36 bits per heavy atom. The first kappa shape index (κ1) is 23.5. The number of aliphatic hydroxyl groups excluding tert-OH is 1. The molecule has 0 saturated carbocycles. The molecule has 1 rings (SSSR count). The molecule has 0 aromatic heterocycles. The van der Waals surface area contributed by atoms with E-state index < -0.39 is 66.9 Å². The van der Waals surface area contributed by atoms with E-state index in [2.05, 4.69) is 14.8 Å². The van der Waals surface area contributed by atoms with E-state index in [9.17, 15) is 29.0 Å². The van der Waals surface area contributed by atoms with Gasteiger partial charge < -0.3 is 34.9 Å². The number of alkyl halides is 1. The predicted molar refractivity (Wildman–Crippen MR) is 85.8 cm³/mol. The van der Waals surface area contributed by atoms with Crippen LogP contribution in [0.1, 0.15) is 13.8 Å². The van der Waals surface area contributed by atoms with Gasteiger partial charge in [-0.2, -0.15) is 0 Å². The van der Waals surface area contributed by atoms with Crippen molar-refractivity contribution >= 4 is 17.9 Å². The fraction of sp³-hybridized carbons (Fsp3) is 0.786. The Balaban J connectivity index is 3.46. The lowest BCUT2D eigenvalue weighted by Crippen LogP contribution is -2.71. The van der Waals surface area contributed by atoms with Crippen molar-refractivity contribution < 1.29 is 47.9 Å². The summed E-state index contributed by atoms with van der Waals surface area (Å²) in [5.41, 5.74) is 14.5. The molecule has 5 unspecified atom stereocenters. The van der Waals surface area contributed by atoms with Crippen molar-refractivity contribution in [3.63, 3.8) is 0 Å². The van der Waals surface area contributed by atoms with Crippen LogP contribution in [0, 0.1) is 0 Å². The molecule has 7 atom stereocenters. The number of esters is 3. The SMILES string of the molecule is COC(=O)C1(O)OC([C@H](OC(C)=O)[C@@H](CO)OC(C)=O)C(N)C(N=[N+]=[N-])C1F. The van der Waals surface area contributed by atoms with Gasteiger partial charge in [-0.3, -0.25) is 9.59 Å². The van der Waals surface area contributed by atoms with Gasteiger partial charge in [-0.05, 0) is 5.53 Å². The largest absolute Gasteiger partial charge is 0.465 e. The zero-order chi connectivity index (χ0) is 21.6. The smallest absolute Gasteiger partial charge is 0.369 e. The number of methoxy groups -OCH3 is 1. The number of carbonyl (C=O) groups excluding carboxylic acids is 3. The van der Waals surface area contributed by atoms with E-state index in [0.717, 1.165) is 21.0 Å². The molecule has 13 nitrogen and oxygen atoms in total. The van der Waals surface area contributed by atoms with E-state index in [4.69, 9.17) is 25.5 Å². The zero-order valence-electron chi connectivity index (χ0n) is 15.2. The second-order valence-corrected chi connectivity index (χ2v) is 5.85. The second-order valence-electron chi connectivity index (χ2n) is 5.85. The summed E-state index contributed by atoms with van der Waals surface area (Å²) in [6.45, 7) is 1.09. The molecular formula is C14H21FN4O9. The fourth-order valence-corrected chi connectivity index (χ4v) is 2.73. The number of rotatable bonds is 7. The number of nitrogens with two attached hydrogens (primary N) is 1. The Labute approximate surface area is 158 Å². The van der Waals surface area contributed by atoms with Gasteiger partial charge in [-0.15, -0.1) is 0 Å². The molecule has 0 spiro atoms. The highest BCUT2D eigenvalue weighted by atomic mass is 19.1. The molecule has 0 radical (unpaired) electrons. The van der Waals surface area contributed by atoms with Gasteiger partial charge in [0.1, 0.15) is 6.10 Å². The molecule has 0 aromatic carbocycles. The van der Waals surface area contributed by atoms with Crippen LogP contribution in [0.2, 0.25) is 0 Å². The van der Waals surface area contributed by atoms with Gasteiger partial charge in [0, 0.05) is 24.8 Å². The van der Waals surface area contributed by atoms with E-state index in [-0.39, 0.29) is 0 Å². The van der Waals surface area contributed by atoms with E-state index in [1.54, 1.807) is 0 Å². The quantitative estimate of drug-likeness (QED) is 0.145. The maximum absolute atomic E-state index is 14.7. The second kappa shape index (κ2) is 9.61. The predicted octanol–water partition coefficient (Wildman–Crippen LogP) is -1.55. The van der Waals surface area contributed by atoms with Crippen LogP contribution in [0.15, 0.2) is 5.11 Å². The van der Waals surface area contributed by atoms with Crippen LogP contribution in [0.5, 0.6) is 0 Å². The fourth-order valence-electron chi connectivity index (χ4n) is 2.73. The summed E-state index contributed by atoms with van der Waals surface area (Å²) < 4.78 is 33.9. The van der Waals surface area contributed by atoms with Crippen molar-refractivity contribution in [1.29, 1.82) is 0 Å². The van der Waals surface area contributed by atoms with Gasteiger partial charge in [-0.1, -0.05) is 5.11 Å². The molecular weight excluding hydrogens is 387 g/mol. The Morgan fingerprint density at radius 3 is 2.36 bits per heavy atom. The van der Waals surface area contributed by atoms with Crippen LogP contribution in [-0.2, 0) is 33.3 Å². The van der Waals surface area contributed by atoms with Crippen molar-refractivity contribution in [3.05, 3.63) is 10.4 Å². The van der Waals surface area contributed by atoms with Crippen molar-refractivity contribution in [2.24, 2.45) is 10.8 Å². The third-order valence-electron chi connectivity index (χ3n) is 3.92. The molecule has 4 N–H and O–H groups in total. The van der Waals surface area contributed by atoms with Gasteiger partial charge in [0.2, 0.25) is 0 Å². The molecule has 0 aromatic rings. The van der Waals surface area contributed by atoms with Crippen LogP contribution in [0.25, 0.3) is 10.4 Å². The summed E-state index contributed by atoms with van der Waals surface area (Å²) >= 11 is 0. The molecule has 1 fully saturated rings. The van der Waals surface area contributed by atoms with Crippen molar-refractivity contribution in [2.75, 3.05) is 13.7 Å². The minimum atomic E-state index is -3.28. The summed E-state index contributed by atoms with van der Waals surface area (Å²) in [4.78, 5) is 37.1. The van der Waals surface area contributed by atoms with E-state index in [0.29, 0.717) is 0 Å². The van der Waals surface area contributed by atoms with Crippen LogP contribution < -0.4 is 5.73 Å². The summed E-state index contributed by atoms with van der Waals surface area (Å²) in [6, 6.07) is -3.44. The third kappa shape index (κ3) is 4.85. The number of hydrogen-bond acceptors (Lipinski definition) is 11. The minimum absolute atomic E-state index is 0.835. The third-order valence-corrected chi connectivity index (χ3v) is 3.92. The molecule has 1 saturated heterocycles. The molecule has 28 heavy (non-hydrogen) atoms. The summed E-state index contributed by atoms with van der Waals surface area (Å²) in [7, 11) is 0.835. The normalized spacial score (nSPS) is 31.7. The molecule has 1 aliphatic rings. The molecule has 0 amide bonds.